The summed E-state index contributed by atoms with van der Waals surface area (Å²) in [5.41, 5.74) is 6.79. The van der Waals surface area contributed by atoms with Crippen molar-refractivity contribution in [3.8, 4) is 11.8 Å². The predicted octanol–water partition coefficient (Wildman–Crippen LogP) is 1.38. The maximum absolute atomic E-state index is 12.3. The highest BCUT2D eigenvalue weighted by Gasteiger charge is 2.19. The van der Waals surface area contributed by atoms with Gasteiger partial charge in [0, 0.05) is 11.6 Å². The zero-order valence-corrected chi connectivity index (χ0v) is 12.3. The Morgan fingerprint density at radius 1 is 1.42 bits per heavy atom. The lowest BCUT2D eigenvalue weighted by Gasteiger charge is -2.13. The second kappa shape index (κ2) is 6.71. The number of benzene rings is 1. The summed E-state index contributed by atoms with van der Waals surface area (Å²) in [5.74, 6) is 5.51. The molecule has 0 heterocycles. The van der Waals surface area contributed by atoms with E-state index in [9.17, 15) is 8.42 Å². The maximum atomic E-state index is 12.3. The van der Waals surface area contributed by atoms with Gasteiger partial charge in [-0.1, -0.05) is 24.8 Å². The zero-order chi connectivity index (χ0) is 14.5. The lowest BCUT2D eigenvalue weighted by atomic mass is 10.1. The Hall–Kier alpha value is -1.35. The number of rotatable bonds is 4. The van der Waals surface area contributed by atoms with Gasteiger partial charge in [0.1, 0.15) is 0 Å². The van der Waals surface area contributed by atoms with Crippen molar-refractivity contribution in [2.45, 2.75) is 38.1 Å². The van der Waals surface area contributed by atoms with Crippen LogP contribution >= 0.6 is 0 Å². The fourth-order valence-corrected chi connectivity index (χ4v) is 3.00. The van der Waals surface area contributed by atoms with Gasteiger partial charge in [-0.2, -0.15) is 0 Å². The largest absolute Gasteiger partial charge is 0.320 e. The molecule has 0 saturated carbocycles. The van der Waals surface area contributed by atoms with Crippen LogP contribution < -0.4 is 10.5 Å². The molecule has 0 aliphatic carbocycles. The second-order valence-electron chi connectivity index (χ2n) is 4.44. The molecule has 0 amide bonds. The number of aryl methyl sites for hydroxylation is 1. The molecule has 0 aliphatic rings. The van der Waals surface area contributed by atoms with E-state index in [1.54, 1.807) is 18.2 Å². The Labute approximate surface area is 115 Å². The third-order valence-corrected chi connectivity index (χ3v) is 4.37. The minimum atomic E-state index is -3.54. The first-order valence-electron chi connectivity index (χ1n) is 6.22. The molecule has 0 bridgehead atoms. The molecule has 0 aliphatic heterocycles. The number of nitrogens with one attached hydrogen (secondary N) is 1. The quantitative estimate of drug-likeness (QED) is 0.819. The molecule has 0 aromatic heterocycles. The van der Waals surface area contributed by atoms with E-state index in [2.05, 4.69) is 16.6 Å². The van der Waals surface area contributed by atoms with Crippen molar-refractivity contribution in [1.29, 1.82) is 0 Å². The smallest absolute Gasteiger partial charge is 0.242 e. The van der Waals surface area contributed by atoms with Gasteiger partial charge in [0.25, 0.3) is 0 Å². The summed E-state index contributed by atoms with van der Waals surface area (Å²) in [6, 6.07) is 4.99. The highest BCUT2D eigenvalue weighted by Crippen LogP contribution is 2.17. The van der Waals surface area contributed by atoms with E-state index >= 15 is 0 Å². The van der Waals surface area contributed by atoms with E-state index in [-0.39, 0.29) is 17.5 Å². The standard InChI is InChI=1S/C14H20N2O2S/c1-4-12(3)16-19(17,18)14-8-7-11(2)10-13(14)6-5-9-15/h7-8,10,12,16H,4,9,15H2,1-3H3. The molecule has 0 radical (unpaired) electrons. The van der Waals surface area contributed by atoms with Crippen molar-refractivity contribution in [3.63, 3.8) is 0 Å². The number of hydrogen-bond acceptors (Lipinski definition) is 3. The SMILES string of the molecule is CCC(C)NS(=O)(=O)c1ccc(C)cc1C#CCN. The molecular weight excluding hydrogens is 260 g/mol. The summed E-state index contributed by atoms with van der Waals surface area (Å²) in [6.07, 6.45) is 0.731. The molecule has 19 heavy (non-hydrogen) atoms. The second-order valence-corrected chi connectivity index (χ2v) is 6.12. The van der Waals surface area contributed by atoms with Crippen LogP contribution in [-0.2, 0) is 10.0 Å². The first kappa shape index (κ1) is 15.7. The van der Waals surface area contributed by atoms with E-state index in [0.717, 1.165) is 12.0 Å². The minimum absolute atomic E-state index is 0.110. The van der Waals surface area contributed by atoms with Gasteiger partial charge in [0.05, 0.1) is 11.4 Å². The van der Waals surface area contributed by atoms with Gasteiger partial charge in [-0.15, -0.1) is 0 Å². The van der Waals surface area contributed by atoms with E-state index in [0.29, 0.717) is 5.56 Å². The molecule has 4 nitrogen and oxygen atoms in total. The predicted molar refractivity (Wildman–Crippen MR) is 77.2 cm³/mol. The first-order valence-corrected chi connectivity index (χ1v) is 7.71. The van der Waals surface area contributed by atoms with Gasteiger partial charge in [-0.25, -0.2) is 13.1 Å². The normalized spacial score (nSPS) is 12.6. The fraction of sp³-hybridized carbons (Fsp3) is 0.429. The van der Waals surface area contributed by atoms with Crippen molar-refractivity contribution >= 4 is 10.0 Å². The molecule has 0 saturated heterocycles. The third kappa shape index (κ3) is 4.35. The molecule has 3 N–H and O–H groups in total. The summed E-state index contributed by atoms with van der Waals surface area (Å²) in [6.45, 7) is 5.85. The van der Waals surface area contributed by atoms with Crippen LogP contribution in [0.3, 0.4) is 0 Å². The van der Waals surface area contributed by atoms with Crippen LogP contribution in [0.25, 0.3) is 0 Å². The van der Waals surface area contributed by atoms with Crippen molar-refractivity contribution in [2.24, 2.45) is 5.73 Å². The Morgan fingerprint density at radius 2 is 2.11 bits per heavy atom. The molecule has 104 valence electrons. The lowest BCUT2D eigenvalue weighted by Crippen LogP contribution is -2.32. The molecule has 1 aromatic carbocycles. The number of nitrogens with two attached hydrogens (primary N) is 1. The molecule has 0 spiro atoms. The molecule has 1 rings (SSSR count). The van der Waals surface area contributed by atoms with Gasteiger partial charge < -0.3 is 5.73 Å². The minimum Gasteiger partial charge on any atom is -0.320 e. The summed E-state index contributed by atoms with van der Waals surface area (Å²) in [5, 5.41) is 0. The van der Waals surface area contributed by atoms with Gasteiger partial charge >= 0.3 is 0 Å². The fourth-order valence-electron chi connectivity index (χ4n) is 1.53. The summed E-state index contributed by atoms with van der Waals surface area (Å²) in [4.78, 5) is 0.208. The highest BCUT2D eigenvalue weighted by molar-refractivity contribution is 7.89. The lowest BCUT2D eigenvalue weighted by molar-refractivity contribution is 0.555. The molecule has 5 heteroatoms. The maximum Gasteiger partial charge on any atom is 0.242 e. The van der Waals surface area contributed by atoms with Crippen molar-refractivity contribution in [3.05, 3.63) is 29.3 Å². The summed E-state index contributed by atoms with van der Waals surface area (Å²) >= 11 is 0. The van der Waals surface area contributed by atoms with Crippen molar-refractivity contribution < 1.29 is 8.42 Å². The molecule has 1 unspecified atom stereocenters. The van der Waals surface area contributed by atoms with E-state index < -0.39 is 10.0 Å². The van der Waals surface area contributed by atoms with Crippen LogP contribution in [-0.4, -0.2) is 21.0 Å². The topological polar surface area (TPSA) is 72.2 Å². The molecule has 1 atom stereocenters. The Balaban J connectivity index is 3.26. The van der Waals surface area contributed by atoms with Gasteiger partial charge in [0.2, 0.25) is 10.0 Å². The van der Waals surface area contributed by atoms with E-state index in [4.69, 9.17) is 5.73 Å². The van der Waals surface area contributed by atoms with Crippen LogP contribution in [0, 0.1) is 18.8 Å². The molecular formula is C14H20N2O2S. The van der Waals surface area contributed by atoms with Crippen LogP contribution in [0.1, 0.15) is 31.4 Å². The molecule has 1 aromatic rings. The number of hydrogen-bond donors (Lipinski definition) is 2. The summed E-state index contributed by atoms with van der Waals surface area (Å²) < 4.78 is 27.2. The highest BCUT2D eigenvalue weighted by atomic mass is 32.2. The average molecular weight is 280 g/mol. The first-order chi connectivity index (χ1) is 8.90. The van der Waals surface area contributed by atoms with Crippen LogP contribution in [0.2, 0.25) is 0 Å². The van der Waals surface area contributed by atoms with E-state index in [1.807, 2.05) is 20.8 Å². The Bertz CT molecular complexity index is 598. The van der Waals surface area contributed by atoms with Gasteiger partial charge in [-0.05, 0) is 38.0 Å². The zero-order valence-electron chi connectivity index (χ0n) is 11.5. The summed E-state index contributed by atoms with van der Waals surface area (Å²) in [7, 11) is -3.54. The van der Waals surface area contributed by atoms with Gasteiger partial charge in [0.15, 0.2) is 0 Å². The average Bonchev–Trinajstić information content (AvgIpc) is 2.35. The van der Waals surface area contributed by atoms with Crippen molar-refractivity contribution in [1.82, 2.24) is 4.72 Å². The molecule has 0 fully saturated rings. The number of sulfonamides is 1. The Morgan fingerprint density at radius 3 is 2.68 bits per heavy atom. The Kier molecular flexibility index (Phi) is 5.55. The van der Waals surface area contributed by atoms with Crippen LogP contribution in [0.4, 0.5) is 0 Å². The van der Waals surface area contributed by atoms with Crippen LogP contribution in [0.5, 0.6) is 0 Å². The van der Waals surface area contributed by atoms with E-state index in [1.165, 1.54) is 0 Å². The van der Waals surface area contributed by atoms with Crippen LogP contribution in [0.15, 0.2) is 23.1 Å². The third-order valence-electron chi connectivity index (χ3n) is 2.72. The monoisotopic (exact) mass is 280 g/mol. The van der Waals surface area contributed by atoms with Gasteiger partial charge in [-0.3, -0.25) is 0 Å². The van der Waals surface area contributed by atoms with Crippen molar-refractivity contribution in [2.75, 3.05) is 6.54 Å².